The first-order valence-corrected chi connectivity index (χ1v) is 10.9. The number of rotatable bonds is 4. The average Bonchev–Trinajstić information content (AvgIpc) is 3.55. The molecule has 3 unspecified atom stereocenters. The predicted molar refractivity (Wildman–Crippen MR) is 119 cm³/mol. The quantitative estimate of drug-likeness (QED) is 0.530. The van der Waals surface area contributed by atoms with Gasteiger partial charge in [0.05, 0.1) is 11.6 Å². The summed E-state index contributed by atoms with van der Waals surface area (Å²) in [5.74, 6) is 1.27. The summed E-state index contributed by atoms with van der Waals surface area (Å²) in [4.78, 5) is 2.54. The van der Waals surface area contributed by atoms with E-state index in [1.807, 2.05) is 12.1 Å². The number of benzene rings is 3. The standard InChI is InChI=1S/C27H28N2/c1-3-4-27-26-15-23(9-7-19(26)11-12-29(27)2)25-16-24(25)22-10-8-20-13-18(17-28)5-6-21(20)14-22/h5-10,13-15,24-25,27H,3-4,11-12,16H2,1-2H3. The van der Waals surface area contributed by atoms with Gasteiger partial charge in [-0.15, -0.1) is 0 Å². The van der Waals surface area contributed by atoms with E-state index < -0.39 is 0 Å². The Labute approximate surface area is 173 Å². The molecule has 146 valence electrons. The topological polar surface area (TPSA) is 27.0 Å². The van der Waals surface area contributed by atoms with E-state index in [-0.39, 0.29) is 0 Å². The van der Waals surface area contributed by atoms with Gasteiger partial charge < -0.3 is 0 Å². The normalized spacial score (nSPS) is 23.6. The summed E-state index contributed by atoms with van der Waals surface area (Å²) in [6, 6.07) is 22.9. The molecule has 0 N–H and O–H groups in total. The third kappa shape index (κ3) is 3.34. The molecule has 29 heavy (non-hydrogen) atoms. The molecule has 1 saturated carbocycles. The number of hydrogen-bond acceptors (Lipinski definition) is 2. The molecule has 1 aliphatic heterocycles. The van der Waals surface area contributed by atoms with Crippen molar-refractivity contribution in [3.05, 3.63) is 82.4 Å². The zero-order valence-corrected chi connectivity index (χ0v) is 17.4. The predicted octanol–water partition coefficient (Wildman–Crippen LogP) is 6.31. The first-order chi connectivity index (χ1) is 14.2. The molecule has 3 atom stereocenters. The van der Waals surface area contributed by atoms with Gasteiger partial charge in [-0.25, -0.2) is 0 Å². The van der Waals surface area contributed by atoms with E-state index in [0.29, 0.717) is 17.9 Å². The Hall–Kier alpha value is -2.63. The van der Waals surface area contributed by atoms with Gasteiger partial charge in [-0.3, -0.25) is 4.90 Å². The Kier molecular flexibility index (Phi) is 4.64. The molecule has 3 aromatic rings. The van der Waals surface area contributed by atoms with E-state index in [9.17, 15) is 0 Å². The van der Waals surface area contributed by atoms with Crippen LogP contribution in [0, 0.1) is 11.3 Å². The Morgan fingerprint density at radius 1 is 0.966 bits per heavy atom. The van der Waals surface area contributed by atoms with Crippen LogP contribution in [-0.4, -0.2) is 18.5 Å². The van der Waals surface area contributed by atoms with Crippen LogP contribution in [0.25, 0.3) is 10.8 Å². The van der Waals surface area contributed by atoms with E-state index >= 15 is 0 Å². The van der Waals surface area contributed by atoms with E-state index in [4.69, 9.17) is 5.26 Å². The molecular formula is C27H28N2. The minimum absolute atomic E-state index is 0.580. The van der Waals surface area contributed by atoms with E-state index in [2.05, 4.69) is 67.4 Å². The molecule has 3 aromatic carbocycles. The fourth-order valence-electron chi connectivity index (χ4n) is 5.22. The Morgan fingerprint density at radius 2 is 1.69 bits per heavy atom. The lowest BCUT2D eigenvalue weighted by atomic mass is 9.88. The number of likely N-dealkylation sites (N-methyl/N-ethyl adjacent to an activating group) is 1. The molecule has 0 bridgehead atoms. The zero-order chi connectivity index (χ0) is 20.0. The SMILES string of the molecule is CCCC1c2cc(C3CC3c3ccc4cc(C#N)ccc4c3)ccc2CCN1C. The van der Waals surface area contributed by atoms with Crippen molar-refractivity contribution in [2.75, 3.05) is 13.6 Å². The van der Waals surface area contributed by atoms with Gasteiger partial charge in [0, 0.05) is 12.6 Å². The summed E-state index contributed by atoms with van der Waals surface area (Å²) in [5.41, 5.74) is 6.82. The Bertz CT molecular complexity index is 1110. The van der Waals surface area contributed by atoms with Gasteiger partial charge in [-0.2, -0.15) is 5.26 Å². The zero-order valence-electron chi connectivity index (χ0n) is 17.4. The maximum atomic E-state index is 9.11. The molecule has 1 heterocycles. The Morgan fingerprint density at radius 3 is 2.48 bits per heavy atom. The van der Waals surface area contributed by atoms with Gasteiger partial charge in [0.2, 0.25) is 0 Å². The average molecular weight is 381 g/mol. The maximum absolute atomic E-state index is 9.11. The lowest BCUT2D eigenvalue weighted by Crippen LogP contribution is -2.32. The molecule has 1 fully saturated rings. The third-order valence-electron chi connectivity index (χ3n) is 7.00. The van der Waals surface area contributed by atoms with E-state index in [1.165, 1.54) is 48.7 Å². The Balaban J connectivity index is 1.41. The van der Waals surface area contributed by atoms with Crippen LogP contribution in [0.5, 0.6) is 0 Å². The van der Waals surface area contributed by atoms with Crippen LogP contribution in [0.4, 0.5) is 0 Å². The summed E-state index contributed by atoms with van der Waals surface area (Å²) < 4.78 is 0. The van der Waals surface area contributed by atoms with Crippen LogP contribution in [0.3, 0.4) is 0 Å². The van der Waals surface area contributed by atoms with E-state index in [1.54, 1.807) is 11.1 Å². The molecule has 0 aromatic heterocycles. The molecule has 0 saturated heterocycles. The van der Waals surface area contributed by atoms with Crippen LogP contribution in [0.15, 0.2) is 54.6 Å². The molecule has 0 spiro atoms. The fourth-order valence-corrected chi connectivity index (χ4v) is 5.22. The number of nitrogens with zero attached hydrogens (tertiary/aromatic N) is 2. The first-order valence-electron chi connectivity index (χ1n) is 10.9. The van der Waals surface area contributed by atoms with Crippen molar-refractivity contribution in [3.8, 4) is 6.07 Å². The van der Waals surface area contributed by atoms with Gasteiger partial charge in [0.1, 0.15) is 0 Å². The lowest BCUT2D eigenvalue weighted by molar-refractivity contribution is 0.218. The van der Waals surface area contributed by atoms with Gasteiger partial charge >= 0.3 is 0 Å². The molecule has 2 heteroatoms. The van der Waals surface area contributed by atoms with Crippen LogP contribution >= 0.6 is 0 Å². The van der Waals surface area contributed by atoms with Crippen LogP contribution in [0.1, 0.15) is 71.9 Å². The molecule has 0 radical (unpaired) electrons. The second-order valence-electron chi connectivity index (χ2n) is 8.88. The minimum Gasteiger partial charge on any atom is -0.299 e. The summed E-state index contributed by atoms with van der Waals surface area (Å²) in [6.45, 7) is 3.47. The van der Waals surface area contributed by atoms with Crippen molar-refractivity contribution in [1.82, 2.24) is 4.90 Å². The number of fused-ring (bicyclic) bond motifs is 2. The highest BCUT2D eigenvalue weighted by Gasteiger charge is 2.40. The number of nitriles is 1. The van der Waals surface area contributed by atoms with Crippen molar-refractivity contribution in [2.45, 2.75) is 50.5 Å². The largest absolute Gasteiger partial charge is 0.299 e. The van der Waals surface area contributed by atoms with Gasteiger partial charge in [0.25, 0.3) is 0 Å². The van der Waals surface area contributed by atoms with Crippen molar-refractivity contribution >= 4 is 10.8 Å². The highest BCUT2D eigenvalue weighted by molar-refractivity contribution is 5.84. The monoisotopic (exact) mass is 380 g/mol. The van der Waals surface area contributed by atoms with Gasteiger partial charge in [-0.05, 0) is 83.3 Å². The molecule has 1 aliphatic carbocycles. The summed E-state index contributed by atoms with van der Waals surface area (Å²) in [6.07, 6.45) is 4.90. The van der Waals surface area contributed by atoms with Crippen LogP contribution in [0.2, 0.25) is 0 Å². The van der Waals surface area contributed by atoms with Gasteiger partial charge in [0.15, 0.2) is 0 Å². The number of hydrogen-bond donors (Lipinski definition) is 0. The second-order valence-corrected chi connectivity index (χ2v) is 8.88. The second kappa shape index (κ2) is 7.32. The highest BCUT2D eigenvalue weighted by Crippen LogP contribution is 2.55. The van der Waals surface area contributed by atoms with Crippen LogP contribution < -0.4 is 0 Å². The first kappa shape index (κ1) is 18.4. The third-order valence-corrected chi connectivity index (χ3v) is 7.00. The van der Waals surface area contributed by atoms with Crippen LogP contribution in [-0.2, 0) is 6.42 Å². The van der Waals surface area contributed by atoms with Crippen molar-refractivity contribution < 1.29 is 0 Å². The fraction of sp³-hybridized carbons (Fsp3) is 0.370. The van der Waals surface area contributed by atoms with Gasteiger partial charge in [-0.1, -0.05) is 55.8 Å². The van der Waals surface area contributed by atoms with Crippen molar-refractivity contribution in [2.24, 2.45) is 0 Å². The van der Waals surface area contributed by atoms with E-state index in [0.717, 1.165) is 10.9 Å². The maximum Gasteiger partial charge on any atom is 0.0991 e. The molecule has 2 aliphatic rings. The summed E-state index contributed by atoms with van der Waals surface area (Å²) in [7, 11) is 2.28. The summed E-state index contributed by atoms with van der Waals surface area (Å²) >= 11 is 0. The van der Waals surface area contributed by atoms with Crippen molar-refractivity contribution in [3.63, 3.8) is 0 Å². The highest BCUT2D eigenvalue weighted by atomic mass is 15.1. The molecular weight excluding hydrogens is 352 g/mol. The molecule has 0 amide bonds. The lowest BCUT2D eigenvalue weighted by Gasteiger charge is -2.35. The minimum atomic E-state index is 0.580. The molecule has 2 nitrogen and oxygen atoms in total. The smallest absolute Gasteiger partial charge is 0.0991 e. The summed E-state index contributed by atoms with van der Waals surface area (Å²) in [5, 5.41) is 11.5. The molecule has 5 rings (SSSR count). The van der Waals surface area contributed by atoms with Crippen molar-refractivity contribution in [1.29, 1.82) is 5.26 Å².